The molecule has 0 radical (unpaired) electrons. The van der Waals surface area contributed by atoms with E-state index in [-0.39, 0.29) is 0 Å². The van der Waals surface area contributed by atoms with Crippen LogP contribution in [0.5, 0.6) is 0 Å². The molecule has 1 heteroatoms. The van der Waals surface area contributed by atoms with E-state index in [0.717, 1.165) is 17.8 Å². The summed E-state index contributed by atoms with van der Waals surface area (Å²) >= 11 is 0. The van der Waals surface area contributed by atoms with Gasteiger partial charge in [0.1, 0.15) is 0 Å². The van der Waals surface area contributed by atoms with Gasteiger partial charge in [-0.05, 0) is 61.2 Å². The Balaban J connectivity index is 0.000000235. The fraction of sp³-hybridized carbons (Fsp3) is 1.00. The highest BCUT2D eigenvalue weighted by atomic mass is 16.3. The molecule has 21 heavy (non-hydrogen) atoms. The first-order valence-electron chi connectivity index (χ1n) is 9.49. The molecule has 1 nitrogen and oxygen atoms in total. The van der Waals surface area contributed by atoms with Crippen LogP contribution in [-0.2, 0) is 0 Å². The van der Waals surface area contributed by atoms with E-state index in [1.807, 2.05) is 0 Å². The van der Waals surface area contributed by atoms with Gasteiger partial charge in [-0.1, -0.05) is 60.3 Å². The maximum Gasteiger partial charge on any atom is 0.0459 e. The smallest absolute Gasteiger partial charge is 0.0459 e. The van der Waals surface area contributed by atoms with Crippen LogP contribution in [0, 0.1) is 29.1 Å². The molecule has 0 amide bonds. The van der Waals surface area contributed by atoms with Crippen molar-refractivity contribution in [2.24, 2.45) is 29.1 Å². The summed E-state index contributed by atoms with van der Waals surface area (Å²) in [6.07, 6.45) is 12.4. The molecule has 2 aliphatic carbocycles. The molecule has 2 rings (SSSR count). The Bertz CT molecular complexity index is 260. The van der Waals surface area contributed by atoms with Gasteiger partial charge >= 0.3 is 0 Å². The van der Waals surface area contributed by atoms with Gasteiger partial charge in [0.05, 0.1) is 0 Å². The molecule has 0 heterocycles. The minimum Gasteiger partial charge on any atom is -0.396 e. The Morgan fingerprint density at radius 2 is 1.57 bits per heavy atom. The van der Waals surface area contributed by atoms with Crippen molar-refractivity contribution >= 4 is 0 Å². The molecule has 2 fully saturated rings. The Kier molecular flexibility index (Phi) is 8.31. The van der Waals surface area contributed by atoms with Crippen molar-refractivity contribution in [3.05, 3.63) is 0 Å². The molecular formula is C20H40O. The van der Waals surface area contributed by atoms with E-state index in [4.69, 9.17) is 5.11 Å². The lowest BCUT2D eigenvalue weighted by Crippen LogP contribution is -2.30. The Labute approximate surface area is 133 Å². The number of hydrogen-bond acceptors (Lipinski definition) is 1. The third kappa shape index (κ3) is 6.72. The predicted octanol–water partition coefficient (Wildman–Crippen LogP) is 6.05. The second kappa shape index (κ2) is 9.18. The van der Waals surface area contributed by atoms with Gasteiger partial charge in [-0.25, -0.2) is 0 Å². The summed E-state index contributed by atoms with van der Waals surface area (Å²) in [5.41, 5.74) is 0.535. The molecule has 0 saturated heterocycles. The first-order chi connectivity index (χ1) is 9.88. The van der Waals surface area contributed by atoms with Gasteiger partial charge in [-0.2, -0.15) is 0 Å². The maximum atomic E-state index is 8.69. The second-order valence-electron chi connectivity index (χ2n) is 8.71. The molecule has 2 saturated carbocycles. The zero-order chi connectivity index (χ0) is 15.9. The van der Waals surface area contributed by atoms with Crippen LogP contribution in [0.1, 0.15) is 92.4 Å². The summed E-state index contributed by atoms with van der Waals surface area (Å²) in [7, 11) is 0. The van der Waals surface area contributed by atoms with Gasteiger partial charge in [0.15, 0.2) is 0 Å². The van der Waals surface area contributed by atoms with E-state index in [1.165, 1.54) is 57.8 Å². The molecule has 1 N–H and O–H groups in total. The summed E-state index contributed by atoms with van der Waals surface area (Å²) < 4.78 is 0. The molecule has 0 spiro atoms. The minimum absolute atomic E-state index is 0.417. The Morgan fingerprint density at radius 1 is 0.952 bits per heavy atom. The number of rotatable bonds is 2. The summed E-state index contributed by atoms with van der Waals surface area (Å²) in [5.74, 6) is 3.58. The van der Waals surface area contributed by atoms with Crippen molar-refractivity contribution in [3.8, 4) is 0 Å². The van der Waals surface area contributed by atoms with Crippen molar-refractivity contribution in [2.45, 2.75) is 92.4 Å². The van der Waals surface area contributed by atoms with Crippen LogP contribution in [0.15, 0.2) is 0 Å². The molecule has 0 aromatic rings. The van der Waals surface area contributed by atoms with E-state index >= 15 is 0 Å². The van der Waals surface area contributed by atoms with Crippen molar-refractivity contribution in [1.82, 2.24) is 0 Å². The average Bonchev–Trinajstić information content (AvgIpc) is 2.47. The standard InChI is InChI=1S/C13H26.C7H14O/c1-6-11-7-8-12(9-10(11)2)13(3,4)5;8-6-7-4-2-1-3-5-7/h10-12H,6-9H2,1-5H3;7-8H,1-6H2. The third-order valence-electron chi connectivity index (χ3n) is 6.08. The van der Waals surface area contributed by atoms with Crippen LogP contribution in [-0.4, -0.2) is 11.7 Å². The first-order valence-corrected chi connectivity index (χ1v) is 9.49. The SMILES string of the molecule is CCC1CCC(C(C)(C)C)CC1C.OCC1CCCCC1. The highest BCUT2D eigenvalue weighted by Gasteiger charge is 2.32. The van der Waals surface area contributed by atoms with E-state index < -0.39 is 0 Å². The van der Waals surface area contributed by atoms with E-state index in [1.54, 1.807) is 0 Å². The van der Waals surface area contributed by atoms with Gasteiger partial charge in [0, 0.05) is 6.61 Å². The average molecular weight is 297 g/mol. The lowest BCUT2D eigenvalue weighted by Gasteiger charge is -2.40. The fourth-order valence-corrected chi connectivity index (χ4v) is 4.22. The molecule has 126 valence electrons. The summed E-state index contributed by atoms with van der Waals surface area (Å²) in [6, 6.07) is 0. The molecule has 3 atom stereocenters. The minimum atomic E-state index is 0.417. The largest absolute Gasteiger partial charge is 0.396 e. The third-order valence-corrected chi connectivity index (χ3v) is 6.08. The normalized spacial score (nSPS) is 31.4. The maximum absolute atomic E-state index is 8.69. The van der Waals surface area contributed by atoms with Gasteiger partial charge in [-0.15, -0.1) is 0 Å². The molecule has 0 bridgehead atoms. The predicted molar refractivity (Wildman–Crippen MR) is 93.4 cm³/mol. The van der Waals surface area contributed by atoms with Crippen molar-refractivity contribution in [3.63, 3.8) is 0 Å². The number of aliphatic hydroxyl groups excluding tert-OH is 1. The molecule has 3 unspecified atom stereocenters. The Morgan fingerprint density at radius 3 is 1.95 bits per heavy atom. The van der Waals surface area contributed by atoms with Crippen LogP contribution in [0.2, 0.25) is 0 Å². The topological polar surface area (TPSA) is 20.2 Å². The summed E-state index contributed by atoms with van der Waals surface area (Å²) in [4.78, 5) is 0. The van der Waals surface area contributed by atoms with Crippen molar-refractivity contribution in [2.75, 3.05) is 6.61 Å². The summed E-state index contributed by atoms with van der Waals surface area (Å²) in [5, 5.41) is 8.69. The van der Waals surface area contributed by atoms with Crippen LogP contribution in [0.3, 0.4) is 0 Å². The van der Waals surface area contributed by atoms with Crippen LogP contribution >= 0.6 is 0 Å². The zero-order valence-electron chi connectivity index (χ0n) is 15.3. The fourth-order valence-electron chi connectivity index (χ4n) is 4.22. The van der Waals surface area contributed by atoms with Crippen LogP contribution in [0.4, 0.5) is 0 Å². The van der Waals surface area contributed by atoms with Gasteiger partial charge in [-0.3, -0.25) is 0 Å². The van der Waals surface area contributed by atoms with Crippen molar-refractivity contribution < 1.29 is 5.11 Å². The highest BCUT2D eigenvalue weighted by molar-refractivity contribution is 4.83. The van der Waals surface area contributed by atoms with Crippen LogP contribution in [0.25, 0.3) is 0 Å². The van der Waals surface area contributed by atoms with E-state index in [2.05, 4.69) is 34.6 Å². The first kappa shape index (κ1) is 19.0. The lowest BCUT2D eigenvalue weighted by molar-refractivity contribution is 0.105. The van der Waals surface area contributed by atoms with Gasteiger partial charge in [0.25, 0.3) is 0 Å². The molecule has 2 aliphatic rings. The molecule has 0 aliphatic heterocycles. The van der Waals surface area contributed by atoms with Crippen LogP contribution < -0.4 is 0 Å². The second-order valence-corrected chi connectivity index (χ2v) is 8.71. The molecule has 0 aromatic carbocycles. The van der Waals surface area contributed by atoms with Gasteiger partial charge < -0.3 is 5.11 Å². The summed E-state index contributed by atoms with van der Waals surface area (Å²) in [6.45, 7) is 12.4. The highest BCUT2D eigenvalue weighted by Crippen LogP contribution is 2.43. The molecule has 0 aromatic heterocycles. The van der Waals surface area contributed by atoms with E-state index in [0.29, 0.717) is 17.9 Å². The van der Waals surface area contributed by atoms with E-state index in [9.17, 15) is 0 Å². The molecular weight excluding hydrogens is 256 g/mol. The van der Waals surface area contributed by atoms with Gasteiger partial charge in [0.2, 0.25) is 0 Å². The van der Waals surface area contributed by atoms with Crippen molar-refractivity contribution in [1.29, 1.82) is 0 Å². The number of hydrogen-bond donors (Lipinski definition) is 1. The lowest BCUT2D eigenvalue weighted by atomic mass is 9.65. The number of aliphatic hydroxyl groups is 1. The Hall–Kier alpha value is -0.0400. The monoisotopic (exact) mass is 296 g/mol. The quantitative estimate of drug-likeness (QED) is 0.657. The zero-order valence-corrected chi connectivity index (χ0v) is 15.3.